The second kappa shape index (κ2) is 12.5. The highest BCUT2D eigenvalue weighted by atomic mass is 14.7. The van der Waals surface area contributed by atoms with Crippen molar-refractivity contribution in [1.29, 1.82) is 0 Å². The Hall–Kier alpha value is -6.83. The molecule has 242 valence electrons. The molecule has 8 aromatic carbocycles. The van der Waals surface area contributed by atoms with Gasteiger partial charge in [-0.3, -0.25) is 0 Å². The molecular formula is C51H33N. The van der Waals surface area contributed by atoms with Crippen LogP contribution in [0.1, 0.15) is 0 Å². The Kier molecular flexibility index (Phi) is 7.22. The smallest absolute Gasteiger partial charge is 0.0794 e. The summed E-state index contributed by atoms with van der Waals surface area (Å²) >= 11 is 0. The number of nitrogens with zero attached hydrogens (tertiary/aromatic N) is 1. The van der Waals surface area contributed by atoms with Gasteiger partial charge in [-0.1, -0.05) is 182 Å². The molecule has 1 nitrogen and oxygen atoms in total. The van der Waals surface area contributed by atoms with Crippen LogP contribution in [0.4, 0.5) is 0 Å². The van der Waals surface area contributed by atoms with Crippen LogP contribution in [0.2, 0.25) is 0 Å². The van der Waals surface area contributed by atoms with Gasteiger partial charge in [0.2, 0.25) is 0 Å². The SMILES string of the molecule is c1ccc(-c2cc(-c3ccccc3)c(-c3cccc(-c4cccc(-c5ccc6c7c(cccc57)-c5ccccc5-6)c4)c3)c(-c3ccccc3)n2)cc1. The average molecular weight is 660 g/mol. The Morgan fingerprint density at radius 3 is 1.44 bits per heavy atom. The average Bonchev–Trinajstić information content (AvgIpc) is 3.56. The third kappa shape index (κ3) is 5.06. The zero-order valence-corrected chi connectivity index (χ0v) is 28.5. The van der Waals surface area contributed by atoms with E-state index in [2.05, 4.69) is 200 Å². The molecular weight excluding hydrogens is 627 g/mol. The molecule has 52 heavy (non-hydrogen) atoms. The second-order valence-electron chi connectivity index (χ2n) is 13.5. The van der Waals surface area contributed by atoms with Crippen LogP contribution in [0.5, 0.6) is 0 Å². The lowest BCUT2D eigenvalue weighted by Gasteiger charge is -2.19. The van der Waals surface area contributed by atoms with Crippen LogP contribution in [0, 0.1) is 0 Å². The van der Waals surface area contributed by atoms with Crippen molar-refractivity contribution in [3.05, 3.63) is 200 Å². The molecule has 0 atom stereocenters. The standard InChI is InChI=1S/C51H33N/c1-4-15-34(16-5-1)47-33-48(35-17-6-2-7-18-35)52-51(36-19-8-3-9-20-36)49(47)40-24-13-22-38(32-40)37-21-12-23-39(31-37)41-29-30-46-43-26-11-10-25-42(43)45-28-14-27-44(41)50(45)46/h1-33H. The molecule has 0 N–H and O–H groups in total. The van der Waals surface area contributed by atoms with Crippen LogP contribution >= 0.6 is 0 Å². The Morgan fingerprint density at radius 1 is 0.269 bits per heavy atom. The highest BCUT2D eigenvalue weighted by Crippen LogP contribution is 2.49. The fourth-order valence-electron chi connectivity index (χ4n) is 8.03. The van der Waals surface area contributed by atoms with Crippen molar-refractivity contribution in [1.82, 2.24) is 4.98 Å². The third-order valence-corrected chi connectivity index (χ3v) is 10.4. The summed E-state index contributed by atoms with van der Waals surface area (Å²) in [7, 11) is 0. The summed E-state index contributed by atoms with van der Waals surface area (Å²) in [6.07, 6.45) is 0. The Labute approximate surface area is 304 Å². The molecule has 1 aliphatic rings. The van der Waals surface area contributed by atoms with Gasteiger partial charge in [0.25, 0.3) is 0 Å². The van der Waals surface area contributed by atoms with Crippen LogP contribution in [-0.2, 0) is 0 Å². The lowest BCUT2D eigenvalue weighted by Crippen LogP contribution is -1.97. The van der Waals surface area contributed by atoms with E-state index in [9.17, 15) is 0 Å². The van der Waals surface area contributed by atoms with Crippen molar-refractivity contribution < 1.29 is 0 Å². The van der Waals surface area contributed by atoms with Crippen molar-refractivity contribution in [2.45, 2.75) is 0 Å². The summed E-state index contributed by atoms with van der Waals surface area (Å²) in [4.78, 5) is 5.40. The number of aromatic nitrogens is 1. The summed E-state index contributed by atoms with van der Waals surface area (Å²) in [5.74, 6) is 0. The number of benzene rings is 8. The van der Waals surface area contributed by atoms with E-state index in [1.807, 2.05) is 0 Å². The normalized spacial score (nSPS) is 11.5. The first-order chi connectivity index (χ1) is 25.8. The van der Waals surface area contributed by atoms with Crippen LogP contribution in [-0.4, -0.2) is 4.98 Å². The minimum atomic E-state index is 0.958. The van der Waals surface area contributed by atoms with Crippen molar-refractivity contribution in [3.8, 4) is 89.3 Å². The van der Waals surface area contributed by atoms with E-state index in [0.29, 0.717) is 0 Å². The first kappa shape index (κ1) is 30.0. The second-order valence-corrected chi connectivity index (χ2v) is 13.5. The number of hydrogen-bond donors (Lipinski definition) is 0. The molecule has 0 fully saturated rings. The van der Waals surface area contributed by atoms with Crippen molar-refractivity contribution in [2.75, 3.05) is 0 Å². The molecule has 0 unspecified atom stereocenters. The molecule has 1 heteroatoms. The first-order valence-electron chi connectivity index (χ1n) is 17.9. The van der Waals surface area contributed by atoms with Crippen LogP contribution < -0.4 is 0 Å². The highest BCUT2D eigenvalue weighted by Gasteiger charge is 2.23. The van der Waals surface area contributed by atoms with Crippen molar-refractivity contribution in [2.24, 2.45) is 0 Å². The zero-order chi connectivity index (χ0) is 34.4. The predicted molar refractivity (Wildman–Crippen MR) is 219 cm³/mol. The van der Waals surface area contributed by atoms with Gasteiger partial charge in [0.15, 0.2) is 0 Å². The van der Waals surface area contributed by atoms with Crippen LogP contribution in [0.15, 0.2) is 200 Å². The maximum atomic E-state index is 5.40. The van der Waals surface area contributed by atoms with Crippen molar-refractivity contribution >= 4 is 10.8 Å². The van der Waals surface area contributed by atoms with Crippen LogP contribution in [0.25, 0.3) is 100 Å². The summed E-state index contributed by atoms with van der Waals surface area (Å²) in [5.41, 5.74) is 18.8. The molecule has 1 heterocycles. The van der Waals surface area contributed by atoms with E-state index in [1.54, 1.807) is 0 Å². The molecule has 0 saturated heterocycles. The van der Waals surface area contributed by atoms with Crippen LogP contribution in [0.3, 0.4) is 0 Å². The fraction of sp³-hybridized carbons (Fsp3) is 0. The molecule has 0 saturated carbocycles. The van der Waals surface area contributed by atoms with E-state index in [-0.39, 0.29) is 0 Å². The third-order valence-electron chi connectivity index (χ3n) is 10.4. The van der Waals surface area contributed by atoms with E-state index in [4.69, 9.17) is 4.98 Å². The number of rotatable bonds is 6. The van der Waals surface area contributed by atoms with E-state index in [0.717, 1.165) is 44.8 Å². The summed E-state index contributed by atoms with van der Waals surface area (Å²) < 4.78 is 0. The molecule has 0 bridgehead atoms. The quantitative estimate of drug-likeness (QED) is 0.173. The van der Waals surface area contributed by atoms with Gasteiger partial charge in [0, 0.05) is 16.7 Å². The van der Waals surface area contributed by atoms with Gasteiger partial charge in [-0.25, -0.2) is 4.98 Å². The molecule has 0 spiro atoms. The Morgan fingerprint density at radius 2 is 0.750 bits per heavy atom. The maximum absolute atomic E-state index is 5.40. The van der Waals surface area contributed by atoms with E-state index in [1.165, 1.54) is 55.3 Å². The number of fused-ring (bicyclic) bond motifs is 3. The largest absolute Gasteiger partial charge is 0.247 e. The van der Waals surface area contributed by atoms with E-state index < -0.39 is 0 Å². The minimum Gasteiger partial charge on any atom is -0.247 e. The monoisotopic (exact) mass is 659 g/mol. The van der Waals surface area contributed by atoms with Gasteiger partial charge in [-0.15, -0.1) is 0 Å². The summed E-state index contributed by atoms with van der Waals surface area (Å²) in [5, 5.41) is 2.64. The summed E-state index contributed by atoms with van der Waals surface area (Å²) in [6.45, 7) is 0. The molecule has 0 amide bonds. The predicted octanol–water partition coefficient (Wildman–Crippen LogP) is 13.9. The molecule has 0 radical (unpaired) electrons. The van der Waals surface area contributed by atoms with E-state index >= 15 is 0 Å². The highest BCUT2D eigenvalue weighted by molar-refractivity contribution is 6.18. The fourth-order valence-corrected chi connectivity index (χ4v) is 8.03. The molecule has 9 aromatic rings. The minimum absolute atomic E-state index is 0.958. The van der Waals surface area contributed by atoms with Gasteiger partial charge >= 0.3 is 0 Å². The molecule has 10 rings (SSSR count). The lowest BCUT2D eigenvalue weighted by atomic mass is 9.88. The first-order valence-corrected chi connectivity index (χ1v) is 17.9. The van der Waals surface area contributed by atoms with Gasteiger partial charge < -0.3 is 0 Å². The maximum Gasteiger partial charge on any atom is 0.0794 e. The molecule has 0 aliphatic heterocycles. The lowest BCUT2D eigenvalue weighted by molar-refractivity contribution is 1.32. The van der Waals surface area contributed by atoms with Gasteiger partial charge in [0.1, 0.15) is 0 Å². The summed E-state index contributed by atoms with van der Waals surface area (Å²) in [6, 6.07) is 72.1. The van der Waals surface area contributed by atoms with Gasteiger partial charge in [-0.2, -0.15) is 0 Å². The number of pyridine rings is 1. The zero-order valence-electron chi connectivity index (χ0n) is 28.5. The van der Waals surface area contributed by atoms with Crippen molar-refractivity contribution in [3.63, 3.8) is 0 Å². The van der Waals surface area contributed by atoms with Gasteiger partial charge in [-0.05, 0) is 90.2 Å². The van der Waals surface area contributed by atoms with Gasteiger partial charge in [0.05, 0.1) is 11.4 Å². The number of hydrogen-bond acceptors (Lipinski definition) is 1. The topological polar surface area (TPSA) is 12.9 Å². The molecule has 1 aromatic heterocycles. The Bertz CT molecular complexity index is 2670. The molecule has 1 aliphatic carbocycles. The Balaban J connectivity index is 1.14.